The summed E-state index contributed by atoms with van der Waals surface area (Å²) >= 11 is 0. The minimum atomic E-state index is -3.37. The molecule has 2 aromatic carbocycles. The number of aliphatic imine (C=N–C) groups is 1. The van der Waals surface area contributed by atoms with Crippen LogP contribution in [0.25, 0.3) is 0 Å². The lowest BCUT2D eigenvalue weighted by Crippen LogP contribution is -2.15. The van der Waals surface area contributed by atoms with Crippen molar-refractivity contribution in [3.63, 3.8) is 0 Å². The van der Waals surface area contributed by atoms with Gasteiger partial charge in [0.25, 0.3) is 0 Å². The summed E-state index contributed by atoms with van der Waals surface area (Å²) in [6, 6.07) is 13.3. The van der Waals surface area contributed by atoms with E-state index in [9.17, 15) is 8.42 Å². The van der Waals surface area contributed by atoms with Crippen molar-refractivity contribution in [2.24, 2.45) is 4.99 Å². The summed E-state index contributed by atoms with van der Waals surface area (Å²) < 4.78 is 24.9. The summed E-state index contributed by atoms with van der Waals surface area (Å²) in [6.45, 7) is 4.02. The zero-order valence-electron chi connectivity index (χ0n) is 13.5. The molecular formula is C19H21NO2S. The van der Waals surface area contributed by atoms with Crippen molar-refractivity contribution < 1.29 is 8.42 Å². The minimum absolute atomic E-state index is 0.182. The van der Waals surface area contributed by atoms with Gasteiger partial charge >= 0.3 is 0 Å². The van der Waals surface area contributed by atoms with Crippen LogP contribution in [0.1, 0.15) is 35.1 Å². The van der Waals surface area contributed by atoms with Crippen molar-refractivity contribution in [2.75, 3.05) is 5.88 Å². The zero-order chi connectivity index (χ0) is 16.4. The van der Waals surface area contributed by atoms with Crippen LogP contribution in [0.5, 0.6) is 0 Å². The number of sulfone groups is 1. The number of hydrogen-bond donors (Lipinski definition) is 0. The van der Waals surface area contributed by atoms with Gasteiger partial charge in [0, 0.05) is 5.71 Å². The number of nitrogens with zero attached hydrogens (tertiary/aromatic N) is 1. The number of fused-ring (bicyclic) bond motifs is 1. The molecule has 2 aromatic rings. The first-order chi connectivity index (χ1) is 11.0. The van der Waals surface area contributed by atoms with Gasteiger partial charge in [-0.25, -0.2) is 8.42 Å². The van der Waals surface area contributed by atoms with Crippen molar-refractivity contribution in [3.8, 4) is 0 Å². The Labute approximate surface area is 138 Å². The highest BCUT2D eigenvalue weighted by Crippen LogP contribution is 2.23. The van der Waals surface area contributed by atoms with Crippen molar-refractivity contribution in [1.82, 2.24) is 0 Å². The Balaban J connectivity index is 1.88. The molecule has 0 N–H and O–H groups in total. The quantitative estimate of drug-likeness (QED) is 0.859. The number of benzene rings is 2. The Morgan fingerprint density at radius 1 is 0.957 bits per heavy atom. The van der Waals surface area contributed by atoms with Crippen LogP contribution in [-0.2, 0) is 16.3 Å². The molecule has 0 radical (unpaired) electrons. The molecule has 1 aliphatic carbocycles. The first-order valence-electron chi connectivity index (χ1n) is 7.88. The Morgan fingerprint density at radius 2 is 1.65 bits per heavy atom. The fraction of sp³-hybridized carbons (Fsp3) is 0.316. The summed E-state index contributed by atoms with van der Waals surface area (Å²) in [5.74, 6) is -0.182. The molecule has 120 valence electrons. The molecule has 0 heterocycles. The summed E-state index contributed by atoms with van der Waals surface area (Å²) in [5.41, 5.74) is 5.59. The standard InChI is InChI=1S/C19H21NO2S/c1-14-6-9-17(10-7-14)23(21,22)13-20-19-5-3-4-16-12-15(2)8-11-18(16)19/h6-12H,3-5,13H2,1-2H3. The van der Waals surface area contributed by atoms with Gasteiger partial charge in [-0.05, 0) is 56.4 Å². The van der Waals surface area contributed by atoms with Gasteiger partial charge in [-0.15, -0.1) is 0 Å². The number of hydrogen-bond acceptors (Lipinski definition) is 3. The van der Waals surface area contributed by atoms with Crippen LogP contribution in [0.3, 0.4) is 0 Å². The summed E-state index contributed by atoms with van der Waals surface area (Å²) in [4.78, 5) is 4.79. The molecule has 0 atom stereocenters. The molecule has 3 rings (SSSR count). The zero-order valence-corrected chi connectivity index (χ0v) is 14.4. The van der Waals surface area contributed by atoms with E-state index in [2.05, 4.69) is 30.1 Å². The van der Waals surface area contributed by atoms with Gasteiger partial charge in [0.2, 0.25) is 0 Å². The summed E-state index contributed by atoms with van der Waals surface area (Å²) in [7, 11) is -3.37. The van der Waals surface area contributed by atoms with E-state index in [4.69, 9.17) is 0 Å². The Hall–Kier alpha value is -1.94. The lowest BCUT2D eigenvalue weighted by Gasteiger charge is -2.18. The second-order valence-corrected chi connectivity index (χ2v) is 8.13. The van der Waals surface area contributed by atoms with E-state index in [1.54, 1.807) is 12.1 Å². The van der Waals surface area contributed by atoms with E-state index >= 15 is 0 Å². The minimum Gasteiger partial charge on any atom is -0.273 e. The molecule has 0 aromatic heterocycles. The highest BCUT2D eigenvalue weighted by Gasteiger charge is 2.18. The van der Waals surface area contributed by atoms with Crippen LogP contribution < -0.4 is 0 Å². The summed E-state index contributed by atoms with van der Waals surface area (Å²) in [5, 5.41) is 0. The molecule has 0 unspecified atom stereocenters. The van der Waals surface area contributed by atoms with E-state index in [1.165, 1.54) is 11.1 Å². The van der Waals surface area contributed by atoms with Gasteiger partial charge in [-0.1, -0.05) is 41.5 Å². The second-order valence-electron chi connectivity index (χ2n) is 6.18. The van der Waals surface area contributed by atoms with Crippen molar-refractivity contribution in [1.29, 1.82) is 0 Å². The maximum Gasteiger partial charge on any atom is 0.198 e. The van der Waals surface area contributed by atoms with Crippen LogP contribution in [0.2, 0.25) is 0 Å². The SMILES string of the molecule is Cc1ccc(S(=O)(=O)CN=C2CCCc3cc(C)ccc32)cc1. The lowest BCUT2D eigenvalue weighted by molar-refractivity contribution is 0.596. The number of rotatable bonds is 3. The molecule has 0 spiro atoms. The van der Waals surface area contributed by atoms with Crippen molar-refractivity contribution >= 4 is 15.5 Å². The normalized spacial score (nSPS) is 16.3. The molecule has 0 bridgehead atoms. The first kappa shape index (κ1) is 15.9. The Morgan fingerprint density at radius 3 is 2.39 bits per heavy atom. The van der Waals surface area contributed by atoms with E-state index in [0.717, 1.165) is 36.1 Å². The average molecular weight is 327 g/mol. The molecule has 1 aliphatic rings. The van der Waals surface area contributed by atoms with Crippen LogP contribution >= 0.6 is 0 Å². The molecule has 4 heteroatoms. The third-order valence-electron chi connectivity index (χ3n) is 4.24. The molecule has 0 saturated heterocycles. The number of aryl methyl sites for hydroxylation is 3. The highest BCUT2D eigenvalue weighted by atomic mass is 32.2. The monoisotopic (exact) mass is 327 g/mol. The van der Waals surface area contributed by atoms with Gasteiger partial charge in [0.1, 0.15) is 5.88 Å². The fourth-order valence-electron chi connectivity index (χ4n) is 2.94. The maximum atomic E-state index is 12.4. The molecule has 0 fully saturated rings. The molecule has 0 aliphatic heterocycles. The average Bonchev–Trinajstić information content (AvgIpc) is 2.53. The topological polar surface area (TPSA) is 46.5 Å². The second kappa shape index (κ2) is 6.28. The van der Waals surface area contributed by atoms with E-state index in [0.29, 0.717) is 4.90 Å². The van der Waals surface area contributed by atoms with Gasteiger partial charge < -0.3 is 0 Å². The lowest BCUT2D eigenvalue weighted by atomic mass is 9.89. The van der Waals surface area contributed by atoms with Gasteiger partial charge in [-0.3, -0.25) is 4.99 Å². The Bertz CT molecular complexity index is 849. The molecule has 0 saturated carbocycles. The molecule has 23 heavy (non-hydrogen) atoms. The highest BCUT2D eigenvalue weighted by molar-refractivity contribution is 7.91. The van der Waals surface area contributed by atoms with E-state index in [1.807, 2.05) is 19.1 Å². The fourth-order valence-corrected chi connectivity index (χ4v) is 3.96. The predicted molar refractivity (Wildman–Crippen MR) is 93.9 cm³/mol. The van der Waals surface area contributed by atoms with Gasteiger partial charge in [0.05, 0.1) is 4.90 Å². The third-order valence-corrected chi connectivity index (χ3v) is 5.70. The van der Waals surface area contributed by atoms with Crippen molar-refractivity contribution in [2.45, 2.75) is 38.0 Å². The molecule has 0 amide bonds. The smallest absolute Gasteiger partial charge is 0.198 e. The van der Waals surface area contributed by atoms with Crippen LogP contribution in [0, 0.1) is 13.8 Å². The maximum absolute atomic E-state index is 12.4. The van der Waals surface area contributed by atoms with Crippen LogP contribution in [0.4, 0.5) is 0 Å². The predicted octanol–water partition coefficient (Wildman–Crippen LogP) is 3.86. The molecule has 3 nitrogen and oxygen atoms in total. The van der Waals surface area contributed by atoms with Gasteiger partial charge in [-0.2, -0.15) is 0 Å². The molecular weight excluding hydrogens is 306 g/mol. The van der Waals surface area contributed by atoms with E-state index in [-0.39, 0.29) is 5.88 Å². The first-order valence-corrected chi connectivity index (χ1v) is 9.53. The third kappa shape index (κ3) is 3.53. The largest absolute Gasteiger partial charge is 0.273 e. The van der Waals surface area contributed by atoms with Gasteiger partial charge in [0.15, 0.2) is 9.84 Å². The van der Waals surface area contributed by atoms with Crippen LogP contribution in [0.15, 0.2) is 52.4 Å². The van der Waals surface area contributed by atoms with Crippen molar-refractivity contribution in [3.05, 3.63) is 64.7 Å². The van der Waals surface area contributed by atoms with Crippen LogP contribution in [-0.4, -0.2) is 20.0 Å². The summed E-state index contributed by atoms with van der Waals surface area (Å²) in [6.07, 6.45) is 2.92. The Kier molecular flexibility index (Phi) is 4.35. The van der Waals surface area contributed by atoms with E-state index < -0.39 is 9.84 Å².